The van der Waals surface area contributed by atoms with Gasteiger partial charge in [0.05, 0.1) is 12.7 Å². The van der Waals surface area contributed by atoms with Crippen molar-refractivity contribution in [3.05, 3.63) is 0 Å². The first kappa shape index (κ1) is 15.0. The van der Waals surface area contributed by atoms with E-state index in [9.17, 15) is 0 Å². The maximum absolute atomic E-state index is 6.04. The van der Waals surface area contributed by atoms with Gasteiger partial charge in [-0.25, -0.2) is 0 Å². The number of rotatable bonds is 4. The van der Waals surface area contributed by atoms with E-state index in [4.69, 9.17) is 4.74 Å². The monoisotopic (exact) mass is 214 g/mol. The second kappa shape index (κ2) is 5.34. The van der Waals surface area contributed by atoms with Crippen LogP contribution in [0, 0.1) is 16.7 Å². The molecule has 0 aliphatic heterocycles. The van der Waals surface area contributed by atoms with Gasteiger partial charge in [-0.3, -0.25) is 0 Å². The second-order valence-corrected chi connectivity index (χ2v) is 7.42. The van der Waals surface area contributed by atoms with Gasteiger partial charge in [-0.2, -0.15) is 0 Å². The summed E-state index contributed by atoms with van der Waals surface area (Å²) in [6.45, 7) is 18.9. The maximum Gasteiger partial charge on any atom is 0.0603 e. The molecular formula is C14H30O. The predicted molar refractivity (Wildman–Crippen MR) is 68.1 cm³/mol. The third kappa shape index (κ3) is 8.92. The first-order chi connectivity index (χ1) is 6.51. The Morgan fingerprint density at radius 2 is 1.33 bits per heavy atom. The van der Waals surface area contributed by atoms with Gasteiger partial charge in [-0.15, -0.1) is 0 Å². The first-order valence-corrected chi connectivity index (χ1v) is 6.13. The molecule has 0 amide bonds. The van der Waals surface area contributed by atoms with Gasteiger partial charge in [-0.05, 0) is 23.2 Å². The van der Waals surface area contributed by atoms with E-state index >= 15 is 0 Å². The SMILES string of the molecule is CC(C)[C@H](CC(C)(C)C)OCC(C)(C)C. The van der Waals surface area contributed by atoms with Gasteiger partial charge >= 0.3 is 0 Å². The van der Waals surface area contributed by atoms with Crippen LogP contribution in [0.4, 0.5) is 0 Å². The lowest BCUT2D eigenvalue weighted by Gasteiger charge is -2.31. The van der Waals surface area contributed by atoms with Crippen LogP contribution < -0.4 is 0 Å². The standard InChI is InChI=1S/C14H30O/c1-11(2)12(9-13(3,4)5)15-10-14(6,7)8/h11-12H,9-10H2,1-8H3/t12-/m0/s1. The van der Waals surface area contributed by atoms with Gasteiger partial charge in [0.25, 0.3) is 0 Å². The Balaban J connectivity index is 4.18. The van der Waals surface area contributed by atoms with Crippen LogP contribution in [0.15, 0.2) is 0 Å². The smallest absolute Gasteiger partial charge is 0.0603 e. The van der Waals surface area contributed by atoms with Crippen molar-refractivity contribution in [2.75, 3.05) is 6.61 Å². The molecule has 0 rings (SSSR count). The molecular weight excluding hydrogens is 184 g/mol. The molecule has 0 aliphatic carbocycles. The van der Waals surface area contributed by atoms with Crippen molar-refractivity contribution in [2.45, 2.75) is 67.9 Å². The Bertz CT molecular complexity index is 169. The zero-order valence-electron chi connectivity index (χ0n) is 12.0. The molecule has 0 spiro atoms. The fourth-order valence-corrected chi connectivity index (χ4v) is 1.45. The van der Waals surface area contributed by atoms with Gasteiger partial charge < -0.3 is 4.74 Å². The molecule has 0 fully saturated rings. The van der Waals surface area contributed by atoms with Crippen molar-refractivity contribution in [3.63, 3.8) is 0 Å². The van der Waals surface area contributed by atoms with Crippen LogP contribution in [0.1, 0.15) is 61.8 Å². The highest BCUT2D eigenvalue weighted by Crippen LogP contribution is 2.27. The van der Waals surface area contributed by atoms with Gasteiger partial charge in [0, 0.05) is 0 Å². The minimum absolute atomic E-state index is 0.269. The number of hydrogen-bond acceptors (Lipinski definition) is 1. The molecule has 0 aromatic heterocycles. The molecule has 0 radical (unpaired) electrons. The zero-order valence-corrected chi connectivity index (χ0v) is 12.0. The topological polar surface area (TPSA) is 9.23 Å². The normalized spacial score (nSPS) is 15.8. The average Bonchev–Trinajstić information content (AvgIpc) is 1.93. The highest BCUT2D eigenvalue weighted by molar-refractivity contribution is 4.73. The first-order valence-electron chi connectivity index (χ1n) is 6.13. The fourth-order valence-electron chi connectivity index (χ4n) is 1.45. The highest BCUT2D eigenvalue weighted by Gasteiger charge is 2.23. The Kier molecular flexibility index (Phi) is 5.32. The lowest BCUT2D eigenvalue weighted by atomic mass is 9.85. The Hall–Kier alpha value is -0.0400. The van der Waals surface area contributed by atoms with E-state index in [1.165, 1.54) is 0 Å². The molecule has 0 N–H and O–H groups in total. The largest absolute Gasteiger partial charge is 0.377 e. The Morgan fingerprint density at radius 3 is 1.60 bits per heavy atom. The van der Waals surface area contributed by atoms with Crippen molar-refractivity contribution in [3.8, 4) is 0 Å². The summed E-state index contributed by atoms with van der Waals surface area (Å²) in [5.41, 5.74) is 0.623. The summed E-state index contributed by atoms with van der Waals surface area (Å²) in [7, 11) is 0. The molecule has 0 aromatic rings. The van der Waals surface area contributed by atoms with Crippen LogP contribution in [-0.2, 0) is 4.74 Å². The third-order valence-electron chi connectivity index (χ3n) is 2.29. The molecule has 15 heavy (non-hydrogen) atoms. The van der Waals surface area contributed by atoms with E-state index in [1.807, 2.05) is 0 Å². The minimum Gasteiger partial charge on any atom is -0.377 e. The number of ether oxygens (including phenoxy) is 1. The molecule has 0 heterocycles. The minimum atomic E-state index is 0.269. The summed E-state index contributed by atoms with van der Waals surface area (Å²) in [5.74, 6) is 0.603. The van der Waals surface area contributed by atoms with E-state index < -0.39 is 0 Å². The van der Waals surface area contributed by atoms with E-state index in [0.717, 1.165) is 13.0 Å². The molecule has 0 aromatic carbocycles. The van der Waals surface area contributed by atoms with Crippen molar-refractivity contribution >= 4 is 0 Å². The van der Waals surface area contributed by atoms with Crippen LogP contribution in [0.25, 0.3) is 0 Å². The molecule has 92 valence electrons. The predicted octanol–water partition coefficient (Wildman–Crippen LogP) is 4.51. The highest BCUT2D eigenvalue weighted by atomic mass is 16.5. The van der Waals surface area contributed by atoms with E-state index in [1.54, 1.807) is 0 Å². The molecule has 0 saturated carbocycles. The summed E-state index contributed by atoms with van der Waals surface area (Å²) in [4.78, 5) is 0. The van der Waals surface area contributed by atoms with Crippen LogP contribution >= 0.6 is 0 Å². The molecule has 0 saturated heterocycles. The lowest BCUT2D eigenvalue weighted by Crippen LogP contribution is -2.29. The summed E-state index contributed by atoms with van der Waals surface area (Å²) in [6, 6.07) is 0. The fraction of sp³-hybridized carbons (Fsp3) is 1.00. The number of hydrogen-bond donors (Lipinski definition) is 0. The summed E-state index contributed by atoms with van der Waals surface area (Å²) in [6.07, 6.45) is 1.53. The van der Waals surface area contributed by atoms with Gasteiger partial charge in [0.1, 0.15) is 0 Å². The Morgan fingerprint density at radius 1 is 0.867 bits per heavy atom. The zero-order chi connectivity index (χ0) is 12.3. The van der Waals surface area contributed by atoms with Crippen LogP contribution in [-0.4, -0.2) is 12.7 Å². The quantitative estimate of drug-likeness (QED) is 0.669. The average molecular weight is 214 g/mol. The maximum atomic E-state index is 6.04. The van der Waals surface area contributed by atoms with E-state index in [0.29, 0.717) is 17.4 Å². The van der Waals surface area contributed by atoms with Crippen molar-refractivity contribution in [1.29, 1.82) is 0 Å². The molecule has 1 atom stereocenters. The molecule has 1 nitrogen and oxygen atoms in total. The second-order valence-electron chi connectivity index (χ2n) is 7.42. The summed E-state index contributed by atoms with van der Waals surface area (Å²) < 4.78 is 6.04. The van der Waals surface area contributed by atoms with Crippen molar-refractivity contribution in [1.82, 2.24) is 0 Å². The van der Waals surface area contributed by atoms with Crippen LogP contribution in [0.5, 0.6) is 0 Å². The van der Waals surface area contributed by atoms with Gasteiger partial charge in [0.15, 0.2) is 0 Å². The molecule has 1 heteroatoms. The Labute approximate surface area is 96.6 Å². The molecule has 0 aliphatic rings. The molecule has 0 bridgehead atoms. The van der Waals surface area contributed by atoms with Gasteiger partial charge in [0.2, 0.25) is 0 Å². The van der Waals surface area contributed by atoms with E-state index in [-0.39, 0.29) is 5.41 Å². The van der Waals surface area contributed by atoms with Crippen molar-refractivity contribution in [2.24, 2.45) is 16.7 Å². The lowest BCUT2D eigenvalue weighted by molar-refractivity contribution is -0.0346. The third-order valence-corrected chi connectivity index (χ3v) is 2.29. The summed E-state index contributed by atoms with van der Waals surface area (Å²) in [5, 5.41) is 0. The van der Waals surface area contributed by atoms with Gasteiger partial charge in [-0.1, -0.05) is 55.4 Å². The van der Waals surface area contributed by atoms with Crippen LogP contribution in [0.3, 0.4) is 0 Å². The summed E-state index contributed by atoms with van der Waals surface area (Å²) >= 11 is 0. The molecule has 0 unspecified atom stereocenters. The van der Waals surface area contributed by atoms with Crippen LogP contribution in [0.2, 0.25) is 0 Å². The van der Waals surface area contributed by atoms with Crippen molar-refractivity contribution < 1.29 is 4.74 Å². The van der Waals surface area contributed by atoms with E-state index in [2.05, 4.69) is 55.4 Å².